The highest BCUT2D eigenvalue weighted by Crippen LogP contribution is 2.42. The van der Waals surface area contributed by atoms with Gasteiger partial charge in [-0.3, -0.25) is 0 Å². The van der Waals surface area contributed by atoms with Gasteiger partial charge in [-0.05, 0) is 100 Å². The van der Waals surface area contributed by atoms with E-state index in [2.05, 4.69) is 204 Å². The van der Waals surface area contributed by atoms with Crippen molar-refractivity contribution in [2.75, 3.05) is 4.90 Å². The van der Waals surface area contributed by atoms with Gasteiger partial charge >= 0.3 is 0 Å². The third kappa shape index (κ3) is 5.20. The fourth-order valence-corrected chi connectivity index (χ4v) is 8.35. The van der Waals surface area contributed by atoms with Gasteiger partial charge in [-0.15, -0.1) is 0 Å². The van der Waals surface area contributed by atoms with Crippen molar-refractivity contribution in [3.05, 3.63) is 206 Å². The number of benzene rings is 9. The highest BCUT2D eigenvalue weighted by Gasteiger charge is 2.18. The van der Waals surface area contributed by atoms with Crippen LogP contribution in [0.3, 0.4) is 0 Å². The molecule has 0 radical (unpaired) electrons. The fraction of sp³-hybridized carbons (Fsp3) is 0. The molecule has 3 heteroatoms. The van der Waals surface area contributed by atoms with Crippen LogP contribution < -0.4 is 4.90 Å². The maximum absolute atomic E-state index is 6.22. The summed E-state index contributed by atoms with van der Waals surface area (Å²) in [6, 6.07) is 74.0. The number of fused-ring (bicyclic) bond motifs is 7. The Labute approximate surface area is 318 Å². The van der Waals surface area contributed by atoms with Crippen LogP contribution in [0.5, 0.6) is 0 Å². The van der Waals surface area contributed by atoms with E-state index in [4.69, 9.17) is 4.42 Å². The van der Waals surface area contributed by atoms with Crippen LogP contribution in [-0.2, 0) is 0 Å². The summed E-state index contributed by atoms with van der Waals surface area (Å²) < 4.78 is 8.60. The summed E-state index contributed by atoms with van der Waals surface area (Å²) >= 11 is 0. The van der Waals surface area contributed by atoms with E-state index in [0.29, 0.717) is 0 Å². The Balaban J connectivity index is 1.01. The van der Waals surface area contributed by atoms with E-state index in [0.717, 1.165) is 44.7 Å². The van der Waals surface area contributed by atoms with Crippen LogP contribution in [0, 0.1) is 0 Å². The summed E-state index contributed by atoms with van der Waals surface area (Å²) in [6.45, 7) is 0. The molecule has 258 valence electrons. The Bertz CT molecular complexity index is 3180. The zero-order valence-corrected chi connectivity index (χ0v) is 29.9. The predicted octanol–water partition coefficient (Wildman–Crippen LogP) is 14.6. The monoisotopic (exact) mass is 702 g/mol. The number of hydrogen-bond acceptors (Lipinski definition) is 2. The number of rotatable bonds is 6. The molecule has 0 aliphatic rings. The molecule has 3 nitrogen and oxygen atoms in total. The van der Waals surface area contributed by atoms with Crippen molar-refractivity contribution >= 4 is 71.6 Å². The topological polar surface area (TPSA) is 21.3 Å². The minimum atomic E-state index is 0.888. The van der Waals surface area contributed by atoms with Crippen molar-refractivity contribution in [2.45, 2.75) is 0 Å². The van der Waals surface area contributed by atoms with Crippen molar-refractivity contribution < 1.29 is 4.42 Å². The molecular weight excluding hydrogens is 669 g/mol. The van der Waals surface area contributed by atoms with Crippen LogP contribution in [0.25, 0.3) is 82.5 Å². The first-order valence-electron chi connectivity index (χ1n) is 18.8. The van der Waals surface area contributed by atoms with E-state index in [1.54, 1.807) is 0 Å². The van der Waals surface area contributed by atoms with Gasteiger partial charge < -0.3 is 13.9 Å². The van der Waals surface area contributed by atoms with Gasteiger partial charge in [0.15, 0.2) is 0 Å². The van der Waals surface area contributed by atoms with Crippen LogP contribution in [0.15, 0.2) is 211 Å². The molecule has 0 aliphatic heterocycles. The molecule has 9 aromatic carbocycles. The van der Waals surface area contributed by atoms with Crippen LogP contribution in [0.4, 0.5) is 17.1 Å². The summed E-state index contributed by atoms with van der Waals surface area (Å²) in [5.41, 5.74) is 13.4. The standard InChI is InChI=1S/C52H34N2O/c1-2-11-35(12-3-1)36-21-28-41(29-22-36)54-49-18-8-6-16-44(49)46-33-39(25-31-50(46)54)37-23-26-40(27-24-37)53(48-19-10-14-38-13-4-5-15-43(38)48)42-30-32-52-47(34-42)45-17-7-9-20-51(45)55-52/h1-34H. The van der Waals surface area contributed by atoms with Crippen LogP contribution in [0.1, 0.15) is 0 Å². The Morgan fingerprint density at radius 3 is 1.80 bits per heavy atom. The molecule has 2 aromatic heterocycles. The van der Waals surface area contributed by atoms with Crippen LogP contribution in [-0.4, -0.2) is 4.57 Å². The quantitative estimate of drug-likeness (QED) is 0.172. The summed E-state index contributed by atoms with van der Waals surface area (Å²) in [7, 11) is 0. The number of anilines is 3. The second-order valence-electron chi connectivity index (χ2n) is 14.2. The highest BCUT2D eigenvalue weighted by molar-refractivity contribution is 6.11. The fourth-order valence-electron chi connectivity index (χ4n) is 8.35. The zero-order chi connectivity index (χ0) is 36.3. The van der Waals surface area contributed by atoms with Gasteiger partial charge in [0.1, 0.15) is 11.2 Å². The molecular formula is C52H34N2O. The van der Waals surface area contributed by atoms with E-state index in [-0.39, 0.29) is 0 Å². The molecule has 0 atom stereocenters. The first kappa shape index (κ1) is 31.2. The lowest BCUT2D eigenvalue weighted by Crippen LogP contribution is -2.10. The SMILES string of the molecule is c1ccc(-c2ccc(-n3c4ccccc4c4cc(-c5ccc(N(c6ccc7oc8ccccc8c7c6)c6cccc7ccccc67)cc5)ccc43)cc2)cc1. The van der Waals surface area contributed by atoms with Crippen LogP contribution >= 0.6 is 0 Å². The Hall–Kier alpha value is -7.36. The molecule has 55 heavy (non-hydrogen) atoms. The number of furan rings is 1. The van der Waals surface area contributed by atoms with Crippen molar-refractivity contribution in [1.29, 1.82) is 0 Å². The van der Waals surface area contributed by atoms with E-state index in [9.17, 15) is 0 Å². The number of nitrogens with zero attached hydrogens (tertiary/aromatic N) is 2. The van der Waals surface area contributed by atoms with Gasteiger partial charge in [0.2, 0.25) is 0 Å². The smallest absolute Gasteiger partial charge is 0.135 e. The van der Waals surface area contributed by atoms with E-state index >= 15 is 0 Å². The molecule has 0 bridgehead atoms. The Morgan fingerprint density at radius 1 is 0.345 bits per heavy atom. The molecule has 0 unspecified atom stereocenters. The normalized spacial score (nSPS) is 11.6. The van der Waals surface area contributed by atoms with E-state index in [1.807, 2.05) is 12.1 Å². The molecule has 0 aliphatic carbocycles. The van der Waals surface area contributed by atoms with Gasteiger partial charge in [-0.1, -0.05) is 133 Å². The summed E-state index contributed by atoms with van der Waals surface area (Å²) in [5, 5.41) is 7.11. The summed E-state index contributed by atoms with van der Waals surface area (Å²) in [5.74, 6) is 0. The van der Waals surface area contributed by atoms with Crippen LogP contribution in [0.2, 0.25) is 0 Å². The lowest BCUT2D eigenvalue weighted by Gasteiger charge is -2.27. The molecule has 0 N–H and O–H groups in total. The lowest BCUT2D eigenvalue weighted by molar-refractivity contribution is 0.669. The van der Waals surface area contributed by atoms with Gasteiger partial charge in [0.05, 0.1) is 16.7 Å². The maximum atomic E-state index is 6.22. The first-order valence-corrected chi connectivity index (χ1v) is 18.8. The molecule has 0 saturated carbocycles. The second kappa shape index (κ2) is 12.6. The van der Waals surface area contributed by atoms with Crippen molar-refractivity contribution in [2.24, 2.45) is 0 Å². The first-order chi connectivity index (χ1) is 27.3. The molecule has 0 saturated heterocycles. The average Bonchev–Trinajstić information content (AvgIpc) is 3.80. The maximum Gasteiger partial charge on any atom is 0.135 e. The van der Waals surface area contributed by atoms with Crippen molar-refractivity contribution in [1.82, 2.24) is 4.57 Å². The van der Waals surface area contributed by atoms with Crippen molar-refractivity contribution in [3.63, 3.8) is 0 Å². The third-order valence-corrected chi connectivity index (χ3v) is 11.0. The molecule has 11 aromatic rings. The van der Waals surface area contributed by atoms with Gasteiger partial charge in [0, 0.05) is 44.0 Å². The molecule has 11 rings (SSSR count). The average molecular weight is 703 g/mol. The van der Waals surface area contributed by atoms with Gasteiger partial charge in [0.25, 0.3) is 0 Å². The number of para-hydroxylation sites is 2. The minimum Gasteiger partial charge on any atom is -0.456 e. The predicted molar refractivity (Wildman–Crippen MR) is 231 cm³/mol. The van der Waals surface area contributed by atoms with E-state index in [1.165, 1.54) is 54.8 Å². The Morgan fingerprint density at radius 2 is 0.945 bits per heavy atom. The van der Waals surface area contributed by atoms with E-state index < -0.39 is 0 Å². The minimum absolute atomic E-state index is 0.888. The zero-order valence-electron chi connectivity index (χ0n) is 29.9. The lowest BCUT2D eigenvalue weighted by atomic mass is 10.0. The number of hydrogen-bond donors (Lipinski definition) is 0. The summed E-state index contributed by atoms with van der Waals surface area (Å²) in [4.78, 5) is 2.37. The number of aromatic nitrogens is 1. The molecule has 2 heterocycles. The second-order valence-corrected chi connectivity index (χ2v) is 14.2. The Kier molecular flexibility index (Phi) is 7.17. The molecule has 0 fully saturated rings. The third-order valence-electron chi connectivity index (χ3n) is 11.0. The largest absolute Gasteiger partial charge is 0.456 e. The van der Waals surface area contributed by atoms with Gasteiger partial charge in [-0.2, -0.15) is 0 Å². The molecule has 0 amide bonds. The van der Waals surface area contributed by atoms with Gasteiger partial charge in [-0.25, -0.2) is 0 Å². The molecule has 0 spiro atoms. The highest BCUT2D eigenvalue weighted by atomic mass is 16.3. The summed E-state index contributed by atoms with van der Waals surface area (Å²) in [6.07, 6.45) is 0. The van der Waals surface area contributed by atoms with Crippen molar-refractivity contribution in [3.8, 4) is 27.9 Å².